The first-order valence-corrected chi connectivity index (χ1v) is 7.07. The van der Waals surface area contributed by atoms with Crippen molar-refractivity contribution in [3.63, 3.8) is 0 Å². The van der Waals surface area contributed by atoms with Crippen molar-refractivity contribution < 1.29 is 9.53 Å². The summed E-state index contributed by atoms with van der Waals surface area (Å²) in [6.45, 7) is 6.27. The van der Waals surface area contributed by atoms with Gasteiger partial charge in [0.1, 0.15) is 5.60 Å². The Hall–Kier alpha value is -0.770. The van der Waals surface area contributed by atoms with Crippen LogP contribution in [0.25, 0.3) is 0 Å². The number of rotatable bonds is 5. The van der Waals surface area contributed by atoms with E-state index in [9.17, 15) is 4.79 Å². The summed E-state index contributed by atoms with van der Waals surface area (Å²) in [5.74, 6) is 0. The summed E-state index contributed by atoms with van der Waals surface area (Å²) in [6, 6.07) is 0. The van der Waals surface area contributed by atoms with Crippen LogP contribution in [0.15, 0.2) is 0 Å². The molecule has 0 aliphatic heterocycles. The van der Waals surface area contributed by atoms with Gasteiger partial charge in [-0.3, -0.25) is 0 Å². The van der Waals surface area contributed by atoms with E-state index in [2.05, 4.69) is 5.32 Å². The molecule has 3 N–H and O–H groups in total. The predicted molar refractivity (Wildman–Crippen MR) is 73.5 cm³/mol. The molecule has 0 atom stereocenters. The van der Waals surface area contributed by atoms with E-state index in [0.717, 1.165) is 32.1 Å². The molecule has 4 heteroatoms. The van der Waals surface area contributed by atoms with Gasteiger partial charge in [0, 0.05) is 12.1 Å². The molecule has 1 fully saturated rings. The molecular weight excluding hydrogens is 228 g/mol. The highest BCUT2D eigenvalue weighted by Crippen LogP contribution is 2.31. The van der Waals surface area contributed by atoms with Gasteiger partial charge in [-0.2, -0.15) is 0 Å². The molecule has 0 radical (unpaired) electrons. The molecule has 0 aromatic carbocycles. The maximum absolute atomic E-state index is 11.4. The lowest BCUT2D eigenvalue weighted by Gasteiger charge is -2.23. The number of hydrogen-bond acceptors (Lipinski definition) is 3. The van der Waals surface area contributed by atoms with E-state index in [1.165, 1.54) is 12.8 Å². The Kier molecular flexibility index (Phi) is 5.45. The number of hydrogen-bond donors (Lipinski definition) is 2. The van der Waals surface area contributed by atoms with E-state index in [1.807, 2.05) is 20.8 Å². The normalized spacial score (nSPS) is 18.7. The van der Waals surface area contributed by atoms with Gasteiger partial charge in [-0.15, -0.1) is 0 Å². The maximum atomic E-state index is 11.4. The Labute approximate surface area is 111 Å². The summed E-state index contributed by atoms with van der Waals surface area (Å²) in [5.41, 5.74) is 5.93. The largest absolute Gasteiger partial charge is 0.444 e. The van der Waals surface area contributed by atoms with Crippen molar-refractivity contribution in [3.05, 3.63) is 0 Å². The fourth-order valence-corrected chi connectivity index (χ4v) is 2.44. The van der Waals surface area contributed by atoms with Crippen LogP contribution in [0.1, 0.15) is 65.7 Å². The Morgan fingerprint density at radius 1 is 1.28 bits per heavy atom. The lowest BCUT2D eigenvalue weighted by Crippen LogP contribution is -2.36. The lowest BCUT2D eigenvalue weighted by atomic mass is 9.92. The van der Waals surface area contributed by atoms with Crippen LogP contribution in [0, 0.1) is 0 Å². The minimum atomic E-state index is -0.421. The average molecular weight is 256 g/mol. The first-order chi connectivity index (χ1) is 8.31. The molecule has 0 spiro atoms. The Balaban J connectivity index is 2.03. The molecule has 1 aliphatic rings. The summed E-state index contributed by atoms with van der Waals surface area (Å²) in [4.78, 5) is 11.4. The Morgan fingerprint density at radius 3 is 2.44 bits per heavy atom. The fraction of sp³-hybridized carbons (Fsp3) is 0.929. The second kappa shape index (κ2) is 6.41. The standard InChI is InChI=1S/C14H28N2O2/c1-13(2,3)18-12(17)16-11-7-6-10-14(15)8-4-5-9-14/h4-11,15H2,1-3H3,(H,16,17). The van der Waals surface area contributed by atoms with Crippen LogP contribution >= 0.6 is 0 Å². The van der Waals surface area contributed by atoms with Gasteiger partial charge in [0.2, 0.25) is 0 Å². The number of unbranched alkanes of at least 4 members (excludes halogenated alkanes) is 1. The van der Waals surface area contributed by atoms with Gasteiger partial charge >= 0.3 is 6.09 Å². The van der Waals surface area contributed by atoms with Crippen LogP contribution in [0.2, 0.25) is 0 Å². The molecule has 0 unspecified atom stereocenters. The molecule has 1 rings (SSSR count). The van der Waals surface area contributed by atoms with Crippen LogP contribution in [-0.4, -0.2) is 23.8 Å². The van der Waals surface area contributed by atoms with Crippen molar-refractivity contribution in [2.24, 2.45) is 5.73 Å². The summed E-state index contributed by atoms with van der Waals surface area (Å²) in [7, 11) is 0. The lowest BCUT2D eigenvalue weighted by molar-refractivity contribution is 0.0527. The minimum Gasteiger partial charge on any atom is -0.444 e. The quantitative estimate of drug-likeness (QED) is 0.743. The predicted octanol–water partition coefficient (Wildman–Crippen LogP) is 2.95. The van der Waals surface area contributed by atoms with Crippen LogP contribution in [0.4, 0.5) is 4.79 Å². The minimum absolute atomic E-state index is 0.0753. The first-order valence-electron chi connectivity index (χ1n) is 7.07. The number of nitrogens with two attached hydrogens (primary N) is 1. The average Bonchev–Trinajstić information content (AvgIpc) is 2.62. The van der Waals surface area contributed by atoms with Crippen molar-refractivity contribution >= 4 is 6.09 Å². The first kappa shape index (κ1) is 15.3. The molecule has 18 heavy (non-hydrogen) atoms. The molecule has 1 saturated carbocycles. The molecule has 106 valence electrons. The molecule has 1 amide bonds. The van der Waals surface area contributed by atoms with Crippen LogP contribution in [-0.2, 0) is 4.74 Å². The smallest absolute Gasteiger partial charge is 0.407 e. The van der Waals surface area contributed by atoms with Gasteiger partial charge < -0.3 is 15.8 Å². The topological polar surface area (TPSA) is 64.3 Å². The van der Waals surface area contributed by atoms with Gasteiger partial charge in [0.25, 0.3) is 0 Å². The second-order valence-electron chi connectivity index (χ2n) is 6.46. The third-order valence-corrected chi connectivity index (χ3v) is 3.37. The third kappa shape index (κ3) is 6.24. The molecule has 1 aliphatic carbocycles. The van der Waals surface area contributed by atoms with E-state index < -0.39 is 5.60 Å². The van der Waals surface area contributed by atoms with Crippen LogP contribution < -0.4 is 11.1 Å². The van der Waals surface area contributed by atoms with E-state index in [1.54, 1.807) is 0 Å². The van der Waals surface area contributed by atoms with Gasteiger partial charge in [-0.1, -0.05) is 12.8 Å². The van der Waals surface area contributed by atoms with Gasteiger partial charge in [0.15, 0.2) is 0 Å². The number of carbonyl (C=O) groups excluding carboxylic acids is 1. The van der Waals surface area contributed by atoms with Crippen molar-refractivity contribution in [1.82, 2.24) is 5.32 Å². The number of carbonyl (C=O) groups is 1. The van der Waals surface area contributed by atoms with Crippen molar-refractivity contribution in [1.29, 1.82) is 0 Å². The van der Waals surface area contributed by atoms with E-state index in [4.69, 9.17) is 10.5 Å². The summed E-state index contributed by atoms with van der Waals surface area (Å²) < 4.78 is 5.16. The van der Waals surface area contributed by atoms with Crippen molar-refractivity contribution in [2.45, 2.75) is 76.9 Å². The van der Waals surface area contributed by atoms with Gasteiger partial charge in [0.05, 0.1) is 0 Å². The molecule has 0 saturated heterocycles. The maximum Gasteiger partial charge on any atom is 0.407 e. The van der Waals surface area contributed by atoms with E-state index >= 15 is 0 Å². The highest BCUT2D eigenvalue weighted by atomic mass is 16.6. The van der Waals surface area contributed by atoms with Crippen molar-refractivity contribution in [3.8, 4) is 0 Å². The number of nitrogens with one attached hydrogen (secondary N) is 1. The molecular formula is C14H28N2O2. The Bertz CT molecular complexity index is 265. The summed E-state index contributed by atoms with van der Waals surface area (Å²) >= 11 is 0. The van der Waals surface area contributed by atoms with Gasteiger partial charge in [-0.05, 0) is 52.9 Å². The Morgan fingerprint density at radius 2 is 1.89 bits per heavy atom. The van der Waals surface area contributed by atoms with Crippen LogP contribution in [0.3, 0.4) is 0 Å². The molecule has 0 bridgehead atoms. The summed E-state index contributed by atoms with van der Waals surface area (Å²) in [5, 5.41) is 2.78. The summed E-state index contributed by atoms with van der Waals surface area (Å²) in [6.07, 6.45) is 7.65. The SMILES string of the molecule is CC(C)(C)OC(=O)NCCCCC1(N)CCCC1. The highest BCUT2D eigenvalue weighted by Gasteiger charge is 2.28. The molecule has 0 aromatic heterocycles. The van der Waals surface area contributed by atoms with E-state index in [0.29, 0.717) is 6.54 Å². The zero-order valence-corrected chi connectivity index (χ0v) is 12.1. The molecule has 0 heterocycles. The number of amides is 1. The number of ether oxygens (including phenoxy) is 1. The number of alkyl carbamates (subject to hydrolysis) is 1. The zero-order chi connectivity index (χ0) is 13.6. The van der Waals surface area contributed by atoms with Crippen LogP contribution in [0.5, 0.6) is 0 Å². The monoisotopic (exact) mass is 256 g/mol. The fourth-order valence-electron chi connectivity index (χ4n) is 2.44. The molecule has 0 aromatic rings. The third-order valence-electron chi connectivity index (χ3n) is 3.37. The van der Waals surface area contributed by atoms with Crippen molar-refractivity contribution in [2.75, 3.05) is 6.54 Å². The van der Waals surface area contributed by atoms with Gasteiger partial charge in [-0.25, -0.2) is 4.79 Å². The second-order valence-corrected chi connectivity index (χ2v) is 6.46. The molecule has 4 nitrogen and oxygen atoms in total. The highest BCUT2D eigenvalue weighted by molar-refractivity contribution is 5.67. The van der Waals surface area contributed by atoms with E-state index in [-0.39, 0.29) is 11.6 Å². The zero-order valence-electron chi connectivity index (χ0n) is 12.1.